The van der Waals surface area contributed by atoms with Gasteiger partial charge in [0.2, 0.25) is 0 Å². The fourth-order valence-corrected chi connectivity index (χ4v) is 2.13. The first-order valence-corrected chi connectivity index (χ1v) is 6.30. The largest absolute Gasteiger partial charge is 0.480 e. The molecule has 0 saturated carbocycles. The number of rotatable bonds is 7. The lowest BCUT2D eigenvalue weighted by molar-refractivity contribution is -0.143. The minimum atomic E-state index is -1.06. The molecule has 0 bridgehead atoms. The van der Waals surface area contributed by atoms with Crippen LogP contribution in [0.2, 0.25) is 0 Å². The number of carboxylic acid groups (broad SMARTS) is 1. The van der Waals surface area contributed by atoms with E-state index in [-0.39, 0.29) is 0 Å². The van der Waals surface area contributed by atoms with Gasteiger partial charge in [0.1, 0.15) is 5.54 Å². The molecule has 1 aliphatic heterocycles. The maximum absolute atomic E-state index is 11.0. The molecule has 0 aromatic rings. The van der Waals surface area contributed by atoms with Crippen LogP contribution in [0.3, 0.4) is 0 Å². The van der Waals surface area contributed by atoms with E-state index in [1.54, 1.807) is 0 Å². The number of aliphatic carboxylic acids is 1. The lowest BCUT2D eigenvalue weighted by atomic mass is 9.91. The number of nitrogens with two attached hydrogens (primary N) is 1. The molecule has 1 fully saturated rings. The van der Waals surface area contributed by atoms with Crippen LogP contribution < -0.4 is 5.73 Å². The molecule has 17 heavy (non-hydrogen) atoms. The highest BCUT2D eigenvalue weighted by Gasteiger charge is 2.31. The fourth-order valence-electron chi connectivity index (χ4n) is 2.13. The summed E-state index contributed by atoms with van der Waals surface area (Å²) in [6, 6.07) is 0.480. The third-order valence-corrected chi connectivity index (χ3v) is 3.72. The smallest absolute Gasteiger partial charge is 0.323 e. The number of carboxylic acids is 1. The zero-order valence-corrected chi connectivity index (χ0v) is 10.8. The summed E-state index contributed by atoms with van der Waals surface area (Å²) in [5, 5.41) is 9.05. The van der Waals surface area contributed by atoms with Crippen molar-refractivity contribution in [1.29, 1.82) is 0 Å². The van der Waals surface area contributed by atoms with Gasteiger partial charge in [0.25, 0.3) is 0 Å². The van der Waals surface area contributed by atoms with E-state index >= 15 is 0 Å². The maximum atomic E-state index is 11.0. The molecule has 0 spiro atoms. The van der Waals surface area contributed by atoms with Gasteiger partial charge in [-0.15, -0.1) is 0 Å². The van der Waals surface area contributed by atoms with E-state index in [2.05, 4.69) is 11.9 Å². The van der Waals surface area contributed by atoms with Gasteiger partial charge in [-0.3, -0.25) is 4.79 Å². The third-order valence-electron chi connectivity index (χ3n) is 3.72. The molecular formula is C12H24N2O3. The van der Waals surface area contributed by atoms with Gasteiger partial charge in [0.05, 0.1) is 6.61 Å². The Bertz CT molecular complexity index is 254. The molecule has 0 aromatic heterocycles. The predicted molar refractivity (Wildman–Crippen MR) is 65.9 cm³/mol. The lowest BCUT2D eigenvalue weighted by Crippen LogP contribution is -2.48. The Morgan fingerprint density at radius 1 is 1.65 bits per heavy atom. The van der Waals surface area contributed by atoms with E-state index in [0.717, 1.165) is 32.6 Å². The van der Waals surface area contributed by atoms with Crippen LogP contribution in [0.15, 0.2) is 0 Å². The van der Waals surface area contributed by atoms with Crippen molar-refractivity contribution < 1.29 is 14.6 Å². The molecule has 5 heteroatoms. The van der Waals surface area contributed by atoms with Crippen LogP contribution in [0.4, 0.5) is 0 Å². The molecule has 0 amide bonds. The van der Waals surface area contributed by atoms with Gasteiger partial charge in [-0.2, -0.15) is 0 Å². The average molecular weight is 244 g/mol. The number of hydrogen-bond donors (Lipinski definition) is 2. The van der Waals surface area contributed by atoms with Crippen molar-refractivity contribution >= 4 is 5.97 Å². The minimum Gasteiger partial charge on any atom is -0.480 e. The summed E-state index contributed by atoms with van der Waals surface area (Å²) >= 11 is 0. The first-order valence-electron chi connectivity index (χ1n) is 6.30. The van der Waals surface area contributed by atoms with Gasteiger partial charge < -0.3 is 20.5 Å². The molecule has 2 atom stereocenters. The summed E-state index contributed by atoms with van der Waals surface area (Å²) in [5.74, 6) is -0.896. The summed E-state index contributed by atoms with van der Waals surface area (Å²) in [6.07, 6.45) is 2.87. The third kappa shape index (κ3) is 3.94. The van der Waals surface area contributed by atoms with Crippen molar-refractivity contribution in [1.82, 2.24) is 4.90 Å². The first-order chi connectivity index (χ1) is 7.99. The Morgan fingerprint density at radius 3 is 2.82 bits per heavy atom. The average Bonchev–Trinajstić information content (AvgIpc) is 2.81. The van der Waals surface area contributed by atoms with Gasteiger partial charge in [0, 0.05) is 12.6 Å². The highest BCUT2D eigenvalue weighted by molar-refractivity contribution is 5.78. The molecule has 3 N–H and O–H groups in total. The summed E-state index contributed by atoms with van der Waals surface area (Å²) in [6.45, 7) is 4.32. The van der Waals surface area contributed by atoms with Crippen LogP contribution in [0.1, 0.15) is 32.6 Å². The van der Waals surface area contributed by atoms with Crippen LogP contribution in [0, 0.1) is 0 Å². The van der Waals surface area contributed by atoms with Gasteiger partial charge >= 0.3 is 5.97 Å². The normalized spacial score (nSPS) is 23.9. The zero-order valence-electron chi connectivity index (χ0n) is 10.8. The Kier molecular flexibility index (Phi) is 5.36. The molecule has 0 aromatic carbocycles. The van der Waals surface area contributed by atoms with Crippen molar-refractivity contribution in [3.63, 3.8) is 0 Å². The molecule has 1 heterocycles. The van der Waals surface area contributed by atoms with Crippen LogP contribution >= 0.6 is 0 Å². The molecule has 1 rings (SSSR count). The van der Waals surface area contributed by atoms with Crippen molar-refractivity contribution in [2.75, 3.05) is 26.8 Å². The summed E-state index contributed by atoms with van der Waals surface area (Å²) in [4.78, 5) is 13.3. The zero-order chi connectivity index (χ0) is 12.9. The minimum absolute atomic E-state index is 0.471. The van der Waals surface area contributed by atoms with E-state index in [1.807, 2.05) is 6.92 Å². The molecule has 1 saturated heterocycles. The molecule has 100 valence electrons. The van der Waals surface area contributed by atoms with Gasteiger partial charge in [-0.1, -0.05) is 6.92 Å². The molecule has 0 radical (unpaired) electrons. The monoisotopic (exact) mass is 244 g/mol. The second-order valence-electron chi connectivity index (χ2n) is 4.92. The highest BCUT2D eigenvalue weighted by atomic mass is 16.5. The second kappa shape index (κ2) is 6.33. The fraction of sp³-hybridized carbons (Fsp3) is 0.917. The number of nitrogens with zero attached hydrogens (tertiary/aromatic N) is 1. The lowest BCUT2D eigenvalue weighted by Gasteiger charge is -2.26. The van der Waals surface area contributed by atoms with Crippen LogP contribution in [-0.4, -0.2) is 54.4 Å². The molecule has 2 unspecified atom stereocenters. The Hall–Kier alpha value is -0.650. The summed E-state index contributed by atoms with van der Waals surface area (Å²) in [7, 11) is 2.06. The topological polar surface area (TPSA) is 75.8 Å². The van der Waals surface area contributed by atoms with Gasteiger partial charge in [0.15, 0.2) is 0 Å². The first kappa shape index (κ1) is 14.4. The van der Waals surface area contributed by atoms with Gasteiger partial charge in [-0.05, 0) is 39.3 Å². The van der Waals surface area contributed by atoms with Crippen LogP contribution in [-0.2, 0) is 9.53 Å². The van der Waals surface area contributed by atoms with E-state index in [0.29, 0.717) is 18.9 Å². The predicted octanol–water partition coefficient (Wildman–Crippen LogP) is 0.679. The van der Waals surface area contributed by atoms with Crippen LogP contribution in [0.25, 0.3) is 0 Å². The number of ether oxygens (including phenoxy) is 1. The van der Waals surface area contributed by atoms with Crippen molar-refractivity contribution in [2.45, 2.75) is 44.2 Å². The van der Waals surface area contributed by atoms with Crippen molar-refractivity contribution in [3.05, 3.63) is 0 Å². The molecule has 5 nitrogen and oxygen atoms in total. The van der Waals surface area contributed by atoms with E-state index in [9.17, 15) is 4.79 Å². The summed E-state index contributed by atoms with van der Waals surface area (Å²) in [5.41, 5.74) is 4.77. The number of carbonyl (C=O) groups is 1. The molecular weight excluding hydrogens is 220 g/mol. The maximum Gasteiger partial charge on any atom is 0.323 e. The van der Waals surface area contributed by atoms with Crippen molar-refractivity contribution in [2.24, 2.45) is 5.73 Å². The van der Waals surface area contributed by atoms with E-state index in [4.69, 9.17) is 15.6 Å². The highest BCUT2D eigenvalue weighted by Crippen LogP contribution is 2.16. The van der Waals surface area contributed by atoms with E-state index < -0.39 is 11.5 Å². The quantitative estimate of drug-likeness (QED) is 0.688. The number of hydrogen-bond acceptors (Lipinski definition) is 4. The summed E-state index contributed by atoms with van der Waals surface area (Å²) < 4.78 is 5.32. The Balaban J connectivity index is 2.28. The second-order valence-corrected chi connectivity index (χ2v) is 4.92. The SMILES string of the molecule is CCC(N)(CCCN(C)C1CCOC1)C(=O)O. The number of likely N-dealkylation sites (N-methyl/N-ethyl adjacent to an activating group) is 1. The van der Waals surface area contributed by atoms with Crippen LogP contribution in [0.5, 0.6) is 0 Å². The Labute approximate surface area is 103 Å². The Morgan fingerprint density at radius 2 is 2.35 bits per heavy atom. The molecule has 0 aliphatic carbocycles. The van der Waals surface area contributed by atoms with E-state index in [1.165, 1.54) is 0 Å². The van der Waals surface area contributed by atoms with Gasteiger partial charge in [-0.25, -0.2) is 0 Å². The van der Waals surface area contributed by atoms with Crippen molar-refractivity contribution in [3.8, 4) is 0 Å². The molecule has 1 aliphatic rings. The standard InChI is InChI=1S/C12H24N2O3/c1-3-12(13,11(15)16)6-4-7-14(2)10-5-8-17-9-10/h10H,3-9,13H2,1-2H3,(H,15,16).